The SMILES string of the molecule is O=C(N[C@H](CO)Cc1ccc(O)c(O)c1)c1ccccc1. The first-order chi connectivity index (χ1) is 10.1. The lowest BCUT2D eigenvalue weighted by Crippen LogP contribution is -2.39. The molecule has 0 fully saturated rings. The highest BCUT2D eigenvalue weighted by Gasteiger charge is 2.14. The van der Waals surface area contributed by atoms with Crippen LogP contribution in [0.1, 0.15) is 15.9 Å². The summed E-state index contributed by atoms with van der Waals surface area (Å²) >= 11 is 0. The number of aliphatic hydroxyl groups is 1. The number of phenolic OH excluding ortho intramolecular Hbond substituents is 2. The van der Waals surface area contributed by atoms with Gasteiger partial charge in [-0.25, -0.2) is 0 Å². The molecule has 0 spiro atoms. The molecule has 0 aliphatic rings. The van der Waals surface area contributed by atoms with E-state index in [1.807, 2.05) is 6.07 Å². The first-order valence-electron chi connectivity index (χ1n) is 6.58. The molecule has 0 aliphatic carbocycles. The van der Waals surface area contributed by atoms with Gasteiger partial charge in [-0.05, 0) is 36.2 Å². The van der Waals surface area contributed by atoms with Gasteiger partial charge in [-0.3, -0.25) is 4.79 Å². The van der Waals surface area contributed by atoms with E-state index < -0.39 is 6.04 Å². The van der Waals surface area contributed by atoms with E-state index in [9.17, 15) is 20.1 Å². The highest BCUT2D eigenvalue weighted by atomic mass is 16.3. The summed E-state index contributed by atoms with van der Waals surface area (Å²) in [5, 5.41) is 30.8. The molecule has 0 bridgehead atoms. The van der Waals surface area contributed by atoms with Crippen molar-refractivity contribution in [2.24, 2.45) is 0 Å². The van der Waals surface area contributed by atoms with Gasteiger partial charge in [0.25, 0.3) is 5.91 Å². The van der Waals surface area contributed by atoms with Gasteiger partial charge in [0.1, 0.15) is 0 Å². The first kappa shape index (κ1) is 14.9. The topological polar surface area (TPSA) is 89.8 Å². The number of hydrogen-bond donors (Lipinski definition) is 4. The second-order valence-electron chi connectivity index (χ2n) is 4.75. The van der Waals surface area contributed by atoms with Crippen molar-refractivity contribution in [3.8, 4) is 11.5 Å². The Morgan fingerprint density at radius 1 is 1.05 bits per heavy atom. The Morgan fingerprint density at radius 3 is 2.38 bits per heavy atom. The molecule has 21 heavy (non-hydrogen) atoms. The molecule has 0 radical (unpaired) electrons. The standard InChI is InChI=1S/C16H17NO4/c18-10-13(8-11-6-7-14(19)15(20)9-11)17-16(21)12-4-2-1-3-5-12/h1-7,9,13,18-20H,8,10H2,(H,17,21)/t13-/m0/s1. The van der Waals surface area contributed by atoms with Crippen molar-refractivity contribution in [2.75, 3.05) is 6.61 Å². The van der Waals surface area contributed by atoms with Crippen LogP contribution in [0.15, 0.2) is 48.5 Å². The zero-order valence-electron chi connectivity index (χ0n) is 11.4. The number of benzene rings is 2. The zero-order chi connectivity index (χ0) is 15.2. The smallest absolute Gasteiger partial charge is 0.251 e. The maximum Gasteiger partial charge on any atom is 0.251 e. The molecule has 2 aromatic carbocycles. The monoisotopic (exact) mass is 287 g/mol. The molecule has 2 aromatic rings. The van der Waals surface area contributed by atoms with E-state index in [1.165, 1.54) is 12.1 Å². The van der Waals surface area contributed by atoms with Crippen LogP contribution < -0.4 is 5.32 Å². The van der Waals surface area contributed by atoms with E-state index in [0.29, 0.717) is 17.5 Å². The molecule has 2 rings (SSSR count). The Bertz CT molecular complexity index is 613. The fraction of sp³-hybridized carbons (Fsp3) is 0.188. The summed E-state index contributed by atoms with van der Waals surface area (Å²) < 4.78 is 0. The summed E-state index contributed by atoms with van der Waals surface area (Å²) in [6.45, 7) is -0.222. The summed E-state index contributed by atoms with van der Waals surface area (Å²) in [6, 6.07) is 12.7. The first-order valence-corrected chi connectivity index (χ1v) is 6.58. The van der Waals surface area contributed by atoms with Crippen LogP contribution in [-0.2, 0) is 6.42 Å². The summed E-state index contributed by atoms with van der Waals surface area (Å²) in [7, 11) is 0. The van der Waals surface area contributed by atoms with Gasteiger partial charge < -0.3 is 20.6 Å². The lowest BCUT2D eigenvalue weighted by atomic mass is 10.1. The molecule has 0 saturated carbocycles. The third-order valence-corrected chi connectivity index (χ3v) is 3.11. The van der Waals surface area contributed by atoms with E-state index >= 15 is 0 Å². The normalized spacial score (nSPS) is 11.9. The lowest BCUT2D eigenvalue weighted by Gasteiger charge is -2.16. The number of phenols is 2. The lowest BCUT2D eigenvalue weighted by molar-refractivity contribution is 0.0916. The van der Waals surface area contributed by atoms with Crippen molar-refractivity contribution in [2.45, 2.75) is 12.5 Å². The predicted octanol–water partition coefficient (Wildman–Crippen LogP) is 1.43. The number of nitrogens with one attached hydrogen (secondary N) is 1. The zero-order valence-corrected chi connectivity index (χ0v) is 11.4. The molecule has 5 heteroatoms. The Kier molecular flexibility index (Phi) is 4.79. The Morgan fingerprint density at radius 2 is 1.76 bits per heavy atom. The summed E-state index contributed by atoms with van der Waals surface area (Å²) in [6.07, 6.45) is 0.350. The molecule has 110 valence electrons. The summed E-state index contributed by atoms with van der Waals surface area (Å²) in [4.78, 5) is 12.0. The van der Waals surface area contributed by atoms with Crippen LogP contribution >= 0.6 is 0 Å². The van der Waals surface area contributed by atoms with Crippen LogP contribution in [0.3, 0.4) is 0 Å². The average Bonchev–Trinajstić information content (AvgIpc) is 2.51. The van der Waals surface area contributed by atoms with Crippen LogP contribution in [-0.4, -0.2) is 33.9 Å². The van der Waals surface area contributed by atoms with Crippen LogP contribution in [0, 0.1) is 0 Å². The number of aromatic hydroxyl groups is 2. The van der Waals surface area contributed by atoms with Gasteiger partial charge in [-0.1, -0.05) is 24.3 Å². The van der Waals surface area contributed by atoms with Crippen molar-refractivity contribution < 1.29 is 20.1 Å². The molecule has 0 aliphatic heterocycles. The van der Waals surface area contributed by atoms with Gasteiger partial charge in [-0.15, -0.1) is 0 Å². The van der Waals surface area contributed by atoms with E-state index in [2.05, 4.69) is 5.32 Å². The summed E-state index contributed by atoms with van der Waals surface area (Å²) in [5.41, 5.74) is 1.22. The van der Waals surface area contributed by atoms with Crippen molar-refractivity contribution >= 4 is 5.91 Å². The van der Waals surface area contributed by atoms with E-state index in [4.69, 9.17) is 0 Å². The number of carbonyl (C=O) groups is 1. The van der Waals surface area contributed by atoms with Gasteiger partial charge in [-0.2, -0.15) is 0 Å². The second kappa shape index (κ2) is 6.76. The second-order valence-corrected chi connectivity index (χ2v) is 4.75. The minimum atomic E-state index is -0.471. The molecule has 4 N–H and O–H groups in total. The highest BCUT2D eigenvalue weighted by Crippen LogP contribution is 2.25. The molecule has 0 heterocycles. The number of hydrogen-bond acceptors (Lipinski definition) is 4. The van der Waals surface area contributed by atoms with Crippen LogP contribution in [0.5, 0.6) is 11.5 Å². The quantitative estimate of drug-likeness (QED) is 0.626. The Hall–Kier alpha value is -2.53. The number of aliphatic hydroxyl groups excluding tert-OH is 1. The van der Waals surface area contributed by atoms with E-state index in [0.717, 1.165) is 0 Å². The average molecular weight is 287 g/mol. The van der Waals surface area contributed by atoms with Crippen LogP contribution in [0.4, 0.5) is 0 Å². The fourth-order valence-corrected chi connectivity index (χ4v) is 2.00. The van der Waals surface area contributed by atoms with Gasteiger partial charge in [0.15, 0.2) is 11.5 Å². The maximum absolute atomic E-state index is 12.0. The summed E-state index contributed by atoms with van der Waals surface area (Å²) in [5.74, 6) is -0.691. The van der Waals surface area contributed by atoms with Crippen molar-refractivity contribution in [1.82, 2.24) is 5.32 Å². The maximum atomic E-state index is 12.0. The molecule has 0 unspecified atom stereocenters. The highest BCUT2D eigenvalue weighted by molar-refractivity contribution is 5.94. The molecular formula is C16H17NO4. The molecule has 1 amide bonds. The van der Waals surface area contributed by atoms with Gasteiger partial charge >= 0.3 is 0 Å². The van der Waals surface area contributed by atoms with E-state index in [1.54, 1.807) is 30.3 Å². The van der Waals surface area contributed by atoms with Crippen molar-refractivity contribution in [3.05, 3.63) is 59.7 Å². The third-order valence-electron chi connectivity index (χ3n) is 3.11. The van der Waals surface area contributed by atoms with Crippen LogP contribution in [0.25, 0.3) is 0 Å². The molecule has 0 aromatic heterocycles. The van der Waals surface area contributed by atoms with Gasteiger partial charge in [0, 0.05) is 5.56 Å². The largest absolute Gasteiger partial charge is 0.504 e. The molecule has 5 nitrogen and oxygen atoms in total. The van der Waals surface area contributed by atoms with Gasteiger partial charge in [0.05, 0.1) is 12.6 Å². The Balaban J connectivity index is 2.03. The fourth-order valence-electron chi connectivity index (χ4n) is 2.00. The van der Waals surface area contributed by atoms with Crippen LogP contribution in [0.2, 0.25) is 0 Å². The molecule has 1 atom stereocenters. The Labute approximate surface area is 122 Å². The molecular weight excluding hydrogens is 270 g/mol. The molecule has 0 saturated heterocycles. The predicted molar refractivity (Wildman–Crippen MR) is 78.3 cm³/mol. The minimum Gasteiger partial charge on any atom is -0.504 e. The van der Waals surface area contributed by atoms with Crippen molar-refractivity contribution in [3.63, 3.8) is 0 Å². The van der Waals surface area contributed by atoms with E-state index in [-0.39, 0.29) is 24.0 Å². The van der Waals surface area contributed by atoms with Gasteiger partial charge in [0.2, 0.25) is 0 Å². The van der Waals surface area contributed by atoms with Crippen molar-refractivity contribution in [1.29, 1.82) is 0 Å². The number of carbonyl (C=O) groups excluding carboxylic acids is 1. The minimum absolute atomic E-state index is 0.201. The number of rotatable bonds is 5. The third kappa shape index (κ3) is 3.97. The number of amides is 1.